The highest BCUT2D eigenvalue weighted by atomic mass is 16.3. The Morgan fingerprint density at radius 2 is 1.13 bits per heavy atom. The Morgan fingerprint density at radius 1 is 0.564 bits per heavy atom. The Kier molecular flexibility index (Phi) is 19.4. The molecule has 0 spiro atoms. The molecule has 0 aromatic carbocycles. The maximum atomic E-state index is 7.99. The van der Waals surface area contributed by atoms with E-state index in [2.05, 4.69) is 13.8 Å². The molecule has 0 heterocycles. The van der Waals surface area contributed by atoms with Crippen molar-refractivity contribution in [3.8, 4) is 0 Å². The van der Waals surface area contributed by atoms with Gasteiger partial charge in [-0.3, -0.25) is 0 Å². The van der Waals surface area contributed by atoms with Crippen LogP contribution in [0.5, 0.6) is 0 Å². The van der Waals surface area contributed by atoms with Crippen molar-refractivity contribution in [2.24, 2.45) is 63.4 Å². The molecule has 0 bridgehead atoms. The van der Waals surface area contributed by atoms with Gasteiger partial charge >= 0.3 is 0 Å². The first-order valence-corrected chi connectivity index (χ1v) is 16.5. The van der Waals surface area contributed by atoms with Crippen molar-refractivity contribution < 1.29 is 15.3 Å². The molecule has 0 aromatic rings. The zero-order valence-corrected chi connectivity index (χ0v) is 25.8. The van der Waals surface area contributed by atoms with Crippen LogP contribution in [-0.4, -0.2) is 61.3 Å². The highest BCUT2D eigenvalue weighted by molar-refractivity contribution is 5.08. The van der Waals surface area contributed by atoms with Crippen LogP contribution in [0.25, 0.3) is 0 Å². The quantitative estimate of drug-likeness (QED) is 0.199. The van der Waals surface area contributed by atoms with Crippen molar-refractivity contribution in [1.29, 1.82) is 0 Å². The molecule has 39 heavy (non-hydrogen) atoms. The third kappa shape index (κ3) is 10.8. The first-order chi connectivity index (χ1) is 18.8. The van der Waals surface area contributed by atoms with Crippen LogP contribution in [0.2, 0.25) is 0 Å². The Morgan fingerprint density at radius 3 is 1.64 bits per heavy atom. The van der Waals surface area contributed by atoms with E-state index in [0.717, 1.165) is 55.4 Å². The van der Waals surface area contributed by atoms with Gasteiger partial charge in [-0.15, -0.1) is 0 Å². The lowest BCUT2D eigenvalue weighted by atomic mass is 9.45. The van der Waals surface area contributed by atoms with Gasteiger partial charge in [-0.05, 0) is 150 Å². The maximum Gasteiger partial charge on any atom is 0.0443 e. The van der Waals surface area contributed by atoms with Gasteiger partial charge in [0.1, 0.15) is 0 Å². The molecular formula is C32H68N4O3. The molecule has 4 rings (SSSR count). The minimum absolute atomic E-state index is 0.219. The Hall–Kier alpha value is -0.280. The van der Waals surface area contributed by atoms with Crippen LogP contribution in [0.15, 0.2) is 0 Å². The van der Waals surface area contributed by atoms with Crippen molar-refractivity contribution in [1.82, 2.24) is 0 Å². The molecule has 0 amide bonds. The summed E-state index contributed by atoms with van der Waals surface area (Å²) in [5.41, 5.74) is 22.1. The second-order valence-corrected chi connectivity index (χ2v) is 13.1. The normalized spacial score (nSPS) is 34.5. The lowest BCUT2D eigenvalue weighted by Gasteiger charge is -2.60. The summed E-state index contributed by atoms with van der Waals surface area (Å²) >= 11 is 0. The minimum Gasteiger partial charge on any atom is -0.396 e. The van der Waals surface area contributed by atoms with Gasteiger partial charge in [-0.1, -0.05) is 33.1 Å². The van der Waals surface area contributed by atoms with Crippen LogP contribution < -0.4 is 22.9 Å². The van der Waals surface area contributed by atoms with Gasteiger partial charge in [-0.2, -0.15) is 0 Å². The third-order valence-electron chi connectivity index (χ3n) is 10.9. The average Bonchev–Trinajstić information content (AvgIpc) is 3.27. The smallest absolute Gasteiger partial charge is 0.0443 e. The zero-order valence-electron chi connectivity index (χ0n) is 25.8. The summed E-state index contributed by atoms with van der Waals surface area (Å²) in [5.74, 6) is 5.27. The number of hydrogen-bond donors (Lipinski definition) is 7. The fourth-order valence-corrected chi connectivity index (χ4v) is 8.69. The van der Waals surface area contributed by atoms with Crippen molar-refractivity contribution in [2.75, 3.05) is 46.0 Å². The Bertz CT molecular complexity index is 577. The van der Waals surface area contributed by atoms with Crippen LogP contribution >= 0.6 is 0 Å². The van der Waals surface area contributed by atoms with E-state index in [1.54, 1.807) is 38.5 Å². The maximum absolute atomic E-state index is 7.99. The highest BCUT2D eigenvalue weighted by Gasteiger charge is 2.59. The van der Waals surface area contributed by atoms with Crippen LogP contribution in [-0.2, 0) is 0 Å². The zero-order chi connectivity index (χ0) is 29.2. The molecular weight excluding hydrogens is 488 g/mol. The molecule has 11 N–H and O–H groups in total. The molecule has 4 fully saturated rings. The number of nitrogens with two attached hydrogens (primary N) is 4. The molecule has 0 aromatic heterocycles. The van der Waals surface area contributed by atoms with Gasteiger partial charge in [0.05, 0.1) is 0 Å². The number of hydrogen-bond acceptors (Lipinski definition) is 7. The average molecular weight is 557 g/mol. The summed E-state index contributed by atoms with van der Waals surface area (Å²) in [6.45, 7) is 8.73. The summed E-state index contributed by atoms with van der Waals surface area (Å²) in [6.07, 6.45) is 21.6. The second-order valence-electron chi connectivity index (χ2n) is 13.1. The molecule has 7 unspecified atom stereocenters. The monoisotopic (exact) mass is 557 g/mol. The van der Waals surface area contributed by atoms with Crippen LogP contribution in [0.3, 0.4) is 0 Å². The fraction of sp³-hybridized carbons (Fsp3) is 1.00. The van der Waals surface area contributed by atoms with Gasteiger partial charge in [0.15, 0.2) is 0 Å². The van der Waals surface area contributed by atoms with Crippen molar-refractivity contribution in [3.05, 3.63) is 0 Å². The molecule has 0 radical (unpaired) electrons. The summed E-state index contributed by atoms with van der Waals surface area (Å²) in [7, 11) is 0. The van der Waals surface area contributed by atoms with Gasteiger partial charge in [0, 0.05) is 19.8 Å². The van der Waals surface area contributed by atoms with Crippen LogP contribution in [0, 0.1) is 40.4 Å². The van der Waals surface area contributed by atoms with Gasteiger partial charge in [0.2, 0.25) is 0 Å². The predicted octanol–water partition coefficient (Wildman–Crippen LogP) is 4.15. The minimum atomic E-state index is 0.219. The third-order valence-corrected chi connectivity index (χ3v) is 10.9. The summed E-state index contributed by atoms with van der Waals surface area (Å²) in [6, 6.07) is 0. The molecule has 7 atom stereocenters. The summed E-state index contributed by atoms with van der Waals surface area (Å²) in [4.78, 5) is 0. The topological polar surface area (TPSA) is 165 Å². The predicted molar refractivity (Wildman–Crippen MR) is 165 cm³/mol. The van der Waals surface area contributed by atoms with Gasteiger partial charge < -0.3 is 38.3 Å². The number of aliphatic hydroxyl groups is 3. The fourth-order valence-electron chi connectivity index (χ4n) is 8.69. The van der Waals surface area contributed by atoms with Crippen molar-refractivity contribution in [3.63, 3.8) is 0 Å². The van der Waals surface area contributed by atoms with Gasteiger partial charge in [-0.25, -0.2) is 0 Å². The Balaban J connectivity index is 0.000000420. The van der Waals surface area contributed by atoms with E-state index in [0.29, 0.717) is 30.5 Å². The molecule has 7 nitrogen and oxygen atoms in total. The van der Waals surface area contributed by atoms with E-state index >= 15 is 0 Å². The van der Waals surface area contributed by atoms with E-state index in [4.69, 9.17) is 38.3 Å². The molecule has 4 aliphatic rings. The highest BCUT2D eigenvalue weighted by Crippen LogP contribution is 2.67. The number of unbranched alkanes of at least 4 members (excludes halogenated alkanes) is 1. The number of aliphatic hydroxyl groups excluding tert-OH is 3. The van der Waals surface area contributed by atoms with E-state index in [9.17, 15) is 0 Å². The molecule has 4 aliphatic carbocycles. The summed E-state index contributed by atoms with van der Waals surface area (Å²) in [5, 5.41) is 24.0. The van der Waals surface area contributed by atoms with E-state index in [1.807, 2.05) is 0 Å². The SMILES string of the molecule is CC12CCCCC1CCC1C2CCC2(C)C(CCCCN)CCC12.NCCCO.NCCCO.NCCCO. The molecule has 234 valence electrons. The Labute approximate surface area is 241 Å². The molecule has 0 aliphatic heterocycles. The largest absolute Gasteiger partial charge is 0.396 e. The van der Waals surface area contributed by atoms with Crippen molar-refractivity contribution >= 4 is 0 Å². The van der Waals surface area contributed by atoms with E-state index in [1.165, 1.54) is 44.9 Å². The van der Waals surface area contributed by atoms with E-state index < -0.39 is 0 Å². The van der Waals surface area contributed by atoms with E-state index in [-0.39, 0.29) is 19.8 Å². The molecule has 4 saturated carbocycles. The molecule has 0 saturated heterocycles. The number of rotatable bonds is 10. The number of fused-ring (bicyclic) bond motifs is 5. The first kappa shape index (κ1) is 36.7. The first-order valence-electron chi connectivity index (χ1n) is 16.5. The van der Waals surface area contributed by atoms with Crippen molar-refractivity contribution in [2.45, 2.75) is 117 Å². The standard InChI is InChI=1S/C23H41N.3C3H9NO/c1-22-14-5-3-7-17(22)9-11-19-20-12-10-18(8-4-6-16-24)23(20,2)15-13-21(19)22;3*4-2-1-3-5/h17-21H,3-16,24H2,1-2H3;3*5H,1-4H2. The lowest BCUT2D eigenvalue weighted by Crippen LogP contribution is -2.52. The van der Waals surface area contributed by atoms with Crippen LogP contribution in [0.1, 0.15) is 117 Å². The second kappa shape index (κ2) is 20.6. The van der Waals surface area contributed by atoms with Gasteiger partial charge in [0.25, 0.3) is 0 Å². The lowest BCUT2D eigenvalue weighted by molar-refractivity contribution is -0.111. The molecule has 7 heteroatoms. The van der Waals surface area contributed by atoms with Crippen LogP contribution in [0.4, 0.5) is 0 Å². The summed E-state index contributed by atoms with van der Waals surface area (Å²) < 4.78 is 0.